The second kappa shape index (κ2) is 8.46. The van der Waals surface area contributed by atoms with Gasteiger partial charge in [-0.2, -0.15) is 0 Å². The van der Waals surface area contributed by atoms with Crippen molar-refractivity contribution in [3.63, 3.8) is 0 Å². The standard InChI is InChI=1S/C27H38O5/c1-6-7-25(30)32-24-15-21-20-9-8-18-14-19(31-17(3)29)12-13-26(18,4)22(20)10-11-23(21)27(24,5)16(2)28/h8,19-20,22,24H,6-7,9-15H2,1-5H3/t19-,20-,22-,24+,26-,27-/m0/s1. The quantitative estimate of drug-likeness (QED) is 0.417. The molecular formula is C27H38O5. The van der Waals surface area contributed by atoms with E-state index in [1.165, 1.54) is 23.6 Å². The topological polar surface area (TPSA) is 69.7 Å². The fraction of sp³-hybridized carbons (Fsp3) is 0.741. The van der Waals surface area contributed by atoms with Crippen molar-refractivity contribution in [2.24, 2.45) is 22.7 Å². The van der Waals surface area contributed by atoms with Crippen LogP contribution in [-0.2, 0) is 23.9 Å². The number of fused-ring (bicyclic) bond motifs is 4. The number of Topliss-reactive ketones (excluding diaryl/α,β-unsaturated/α-hetero) is 1. The van der Waals surface area contributed by atoms with Crippen LogP contribution in [0, 0.1) is 22.7 Å². The Bertz CT molecular complexity index is 882. The summed E-state index contributed by atoms with van der Waals surface area (Å²) in [6, 6.07) is 0. The van der Waals surface area contributed by atoms with Crippen molar-refractivity contribution in [3.05, 3.63) is 22.8 Å². The third-order valence-electron chi connectivity index (χ3n) is 9.10. The van der Waals surface area contributed by atoms with Crippen LogP contribution in [0.4, 0.5) is 0 Å². The number of allylic oxidation sites excluding steroid dienone is 1. The number of rotatable bonds is 5. The zero-order valence-corrected chi connectivity index (χ0v) is 20.3. The van der Waals surface area contributed by atoms with Crippen LogP contribution >= 0.6 is 0 Å². The Morgan fingerprint density at radius 1 is 1.09 bits per heavy atom. The molecule has 1 saturated carbocycles. The summed E-state index contributed by atoms with van der Waals surface area (Å²) < 4.78 is 11.5. The van der Waals surface area contributed by atoms with Gasteiger partial charge in [0.2, 0.25) is 0 Å². The summed E-state index contributed by atoms with van der Waals surface area (Å²) in [6.45, 7) is 9.50. The molecule has 4 rings (SSSR count). The van der Waals surface area contributed by atoms with Crippen LogP contribution in [0.1, 0.15) is 92.4 Å². The maximum absolute atomic E-state index is 12.9. The summed E-state index contributed by atoms with van der Waals surface area (Å²) in [5, 5.41) is 0. The van der Waals surface area contributed by atoms with Crippen molar-refractivity contribution in [2.75, 3.05) is 0 Å². The SMILES string of the molecule is CCCC(=O)O[C@@H]1CC2=C(CC[C@H]3[C@H]2CC=C2C[C@@H](OC(C)=O)CC[C@@]23C)[C@]1(C)C(C)=O. The summed E-state index contributed by atoms with van der Waals surface area (Å²) >= 11 is 0. The molecule has 5 nitrogen and oxygen atoms in total. The lowest BCUT2D eigenvalue weighted by Gasteiger charge is -2.53. The Hall–Kier alpha value is -1.91. The van der Waals surface area contributed by atoms with E-state index in [0.29, 0.717) is 24.7 Å². The van der Waals surface area contributed by atoms with Gasteiger partial charge in [0.05, 0.1) is 5.41 Å². The van der Waals surface area contributed by atoms with Gasteiger partial charge in [-0.3, -0.25) is 14.4 Å². The predicted molar refractivity (Wildman–Crippen MR) is 122 cm³/mol. The van der Waals surface area contributed by atoms with Gasteiger partial charge in [0.25, 0.3) is 0 Å². The van der Waals surface area contributed by atoms with E-state index in [2.05, 4.69) is 13.0 Å². The number of hydrogen-bond acceptors (Lipinski definition) is 5. The van der Waals surface area contributed by atoms with Crippen LogP contribution in [0.5, 0.6) is 0 Å². The molecule has 4 aliphatic rings. The number of ketones is 1. The van der Waals surface area contributed by atoms with E-state index in [0.717, 1.165) is 44.9 Å². The number of carbonyl (C=O) groups excluding carboxylic acids is 3. The Morgan fingerprint density at radius 3 is 2.50 bits per heavy atom. The van der Waals surface area contributed by atoms with Gasteiger partial charge in [-0.1, -0.05) is 36.6 Å². The largest absolute Gasteiger partial charge is 0.462 e. The third kappa shape index (κ3) is 3.66. The van der Waals surface area contributed by atoms with Crippen LogP contribution in [0.2, 0.25) is 0 Å². The van der Waals surface area contributed by atoms with E-state index in [-0.39, 0.29) is 35.3 Å². The second-order valence-corrected chi connectivity index (χ2v) is 10.8. The first-order valence-electron chi connectivity index (χ1n) is 12.4. The highest BCUT2D eigenvalue weighted by atomic mass is 16.5. The first-order chi connectivity index (χ1) is 15.1. The van der Waals surface area contributed by atoms with Crippen LogP contribution in [0.3, 0.4) is 0 Å². The maximum Gasteiger partial charge on any atom is 0.306 e. The van der Waals surface area contributed by atoms with Gasteiger partial charge in [-0.05, 0) is 69.6 Å². The number of hydrogen-bond donors (Lipinski definition) is 0. The molecule has 4 aliphatic carbocycles. The summed E-state index contributed by atoms with van der Waals surface area (Å²) in [6.07, 6.45) is 9.56. The van der Waals surface area contributed by atoms with Gasteiger partial charge in [-0.25, -0.2) is 0 Å². The summed E-state index contributed by atoms with van der Waals surface area (Å²) in [4.78, 5) is 36.7. The van der Waals surface area contributed by atoms with Gasteiger partial charge >= 0.3 is 11.9 Å². The molecule has 0 N–H and O–H groups in total. The molecule has 0 radical (unpaired) electrons. The molecular weight excluding hydrogens is 404 g/mol. The number of ether oxygens (including phenoxy) is 2. The maximum atomic E-state index is 12.9. The van der Waals surface area contributed by atoms with Gasteiger partial charge < -0.3 is 9.47 Å². The molecule has 5 heteroatoms. The average Bonchev–Trinajstić information content (AvgIpc) is 3.01. The fourth-order valence-corrected chi connectivity index (χ4v) is 7.23. The molecule has 1 fully saturated rings. The molecule has 0 bridgehead atoms. The molecule has 0 spiro atoms. The van der Waals surface area contributed by atoms with E-state index in [1.54, 1.807) is 6.92 Å². The minimum atomic E-state index is -0.693. The van der Waals surface area contributed by atoms with E-state index in [1.807, 2.05) is 13.8 Å². The van der Waals surface area contributed by atoms with Gasteiger partial charge in [0.1, 0.15) is 18.0 Å². The highest BCUT2D eigenvalue weighted by Gasteiger charge is 2.57. The van der Waals surface area contributed by atoms with Gasteiger partial charge in [0.15, 0.2) is 0 Å². The molecule has 32 heavy (non-hydrogen) atoms. The second-order valence-electron chi connectivity index (χ2n) is 10.8. The lowest BCUT2D eigenvalue weighted by molar-refractivity contribution is -0.156. The Balaban J connectivity index is 1.62. The van der Waals surface area contributed by atoms with E-state index < -0.39 is 5.41 Å². The first kappa shape index (κ1) is 23.3. The Labute approximate surface area is 192 Å². The van der Waals surface area contributed by atoms with Crippen LogP contribution in [0.15, 0.2) is 22.8 Å². The lowest BCUT2D eigenvalue weighted by Crippen LogP contribution is -2.45. The van der Waals surface area contributed by atoms with Crippen molar-refractivity contribution in [3.8, 4) is 0 Å². The summed E-state index contributed by atoms with van der Waals surface area (Å²) in [7, 11) is 0. The zero-order chi connectivity index (χ0) is 23.3. The van der Waals surface area contributed by atoms with Gasteiger partial charge in [-0.15, -0.1) is 0 Å². The van der Waals surface area contributed by atoms with Gasteiger partial charge in [0, 0.05) is 26.2 Å². The van der Waals surface area contributed by atoms with Crippen molar-refractivity contribution >= 4 is 17.7 Å². The number of carbonyl (C=O) groups is 3. The van der Waals surface area contributed by atoms with Crippen molar-refractivity contribution in [2.45, 2.75) is 105 Å². The fourth-order valence-electron chi connectivity index (χ4n) is 7.23. The molecule has 0 unspecified atom stereocenters. The van der Waals surface area contributed by atoms with E-state index in [4.69, 9.17) is 9.47 Å². The van der Waals surface area contributed by atoms with Crippen molar-refractivity contribution < 1.29 is 23.9 Å². The Morgan fingerprint density at radius 2 is 1.84 bits per heavy atom. The molecule has 176 valence electrons. The van der Waals surface area contributed by atoms with E-state index >= 15 is 0 Å². The van der Waals surface area contributed by atoms with Crippen LogP contribution < -0.4 is 0 Å². The molecule has 0 heterocycles. The van der Waals surface area contributed by atoms with Crippen molar-refractivity contribution in [1.29, 1.82) is 0 Å². The molecule has 0 aromatic carbocycles. The molecule has 0 aliphatic heterocycles. The van der Waals surface area contributed by atoms with Crippen LogP contribution in [0.25, 0.3) is 0 Å². The molecule has 0 aromatic heterocycles. The highest BCUT2D eigenvalue weighted by Crippen LogP contribution is 2.62. The number of esters is 2. The predicted octanol–water partition coefficient (Wildman–Crippen LogP) is 5.47. The Kier molecular flexibility index (Phi) is 6.15. The third-order valence-corrected chi connectivity index (χ3v) is 9.10. The normalized spacial score (nSPS) is 38.2. The molecule has 0 aromatic rings. The smallest absolute Gasteiger partial charge is 0.306 e. The first-order valence-corrected chi connectivity index (χ1v) is 12.4. The lowest BCUT2D eigenvalue weighted by atomic mass is 9.52. The minimum absolute atomic E-state index is 0.00316. The minimum Gasteiger partial charge on any atom is -0.462 e. The zero-order valence-electron chi connectivity index (χ0n) is 20.3. The molecule has 6 atom stereocenters. The monoisotopic (exact) mass is 442 g/mol. The van der Waals surface area contributed by atoms with Crippen LogP contribution in [-0.4, -0.2) is 29.9 Å². The highest BCUT2D eigenvalue weighted by molar-refractivity contribution is 5.88. The molecule has 0 amide bonds. The van der Waals surface area contributed by atoms with E-state index in [9.17, 15) is 14.4 Å². The average molecular weight is 443 g/mol. The summed E-state index contributed by atoms with van der Waals surface area (Å²) in [5.74, 6) is 0.656. The summed E-state index contributed by atoms with van der Waals surface area (Å²) in [5.41, 5.74) is 3.49. The van der Waals surface area contributed by atoms with Crippen molar-refractivity contribution in [1.82, 2.24) is 0 Å². The molecule has 0 saturated heterocycles.